The SMILES string of the molecule is CCOC(=O)C1CC(S(=O)(=O)c2ccc(F)cc2Cl)CC1C(=O)N1CC(F)(F)C1. The van der Waals surface area contributed by atoms with E-state index in [9.17, 15) is 31.2 Å². The van der Waals surface area contributed by atoms with Crippen LogP contribution in [0.3, 0.4) is 0 Å². The van der Waals surface area contributed by atoms with Gasteiger partial charge in [0.15, 0.2) is 9.84 Å². The largest absolute Gasteiger partial charge is 0.466 e. The first-order valence-corrected chi connectivity index (χ1v) is 10.9. The van der Waals surface area contributed by atoms with Crippen LogP contribution in [0.4, 0.5) is 13.2 Å². The van der Waals surface area contributed by atoms with E-state index in [2.05, 4.69) is 0 Å². The number of esters is 1. The fourth-order valence-corrected chi connectivity index (χ4v) is 6.17. The molecule has 3 atom stereocenters. The minimum atomic E-state index is -4.10. The summed E-state index contributed by atoms with van der Waals surface area (Å²) in [6, 6.07) is 2.83. The van der Waals surface area contributed by atoms with Gasteiger partial charge in [-0.05, 0) is 38.0 Å². The van der Waals surface area contributed by atoms with Crippen LogP contribution in [0.25, 0.3) is 0 Å². The number of alkyl halides is 2. The Bertz CT molecular complexity index is 931. The summed E-state index contributed by atoms with van der Waals surface area (Å²) in [7, 11) is -4.10. The molecular formula is C18H19ClF3NO5S. The average molecular weight is 454 g/mol. The first-order valence-electron chi connectivity index (χ1n) is 8.98. The number of halogens is 4. The van der Waals surface area contributed by atoms with E-state index in [1.807, 2.05) is 0 Å². The smallest absolute Gasteiger partial charge is 0.309 e. The van der Waals surface area contributed by atoms with Crippen molar-refractivity contribution in [1.82, 2.24) is 4.90 Å². The van der Waals surface area contributed by atoms with E-state index in [4.69, 9.17) is 16.3 Å². The van der Waals surface area contributed by atoms with Gasteiger partial charge < -0.3 is 9.64 Å². The molecule has 1 aromatic carbocycles. The predicted molar refractivity (Wildman–Crippen MR) is 96.8 cm³/mol. The highest BCUT2D eigenvalue weighted by molar-refractivity contribution is 7.92. The molecule has 29 heavy (non-hydrogen) atoms. The molecule has 0 radical (unpaired) electrons. The maximum absolute atomic E-state index is 13.3. The highest BCUT2D eigenvalue weighted by atomic mass is 35.5. The van der Waals surface area contributed by atoms with Gasteiger partial charge >= 0.3 is 5.97 Å². The third-order valence-electron chi connectivity index (χ3n) is 5.22. The molecule has 11 heteroatoms. The maximum atomic E-state index is 13.3. The number of ether oxygens (including phenoxy) is 1. The molecule has 0 aromatic heterocycles. The summed E-state index contributed by atoms with van der Waals surface area (Å²) >= 11 is 5.88. The number of sulfone groups is 1. The second-order valence-electron chi connectivity index (χ2n) is 7.23. The lowest BCUT2D eigenvalue weighted by molar-refractivity contribution is -0.173. The number of carbonyl (C=O) groups excluding carboxylic acids is 2. The number of amides is 1. The molecule has 1 aliphatic carbocycles. The molecule has 160 valence electrons. The van der Waals surface area contributed by atoms with Crippen LogP contribution in [0, 0.1) is 17.7 Å². The number of nitrogens with zero attached hydrogens (tertiary/aromatic N) is 1. The molecule has 1 heterocycles. The van der Waals surface area contributed by atoms with Crippen molar-refractivity contribution in [2.24, 2.45) is 11.8 Å². The topological polar surface area (TPSA) is 80.8 Å². The second kappa shape index (κ2) is 7.79. The van der Waals surface area contributed by atoms with Crippen LogP contribution in [-0.2, 0) is 24.2 Å². The van der Waals surface area contributed by atoms with Crippen molar-refractivity contribution in [1.29, 1.82) is 0 Å². The van der Waals surface area contributed by atoms with Crippen molar-refractivity contribution in [3.63, 3.8) is 0 Å². The van der Waals surface area contributed by atoms with E-state index < -0.39 is 63.6 Å². The molecule has 1 saturated carbocycles. The monoisotopic (exact) mass is 453 g/mol. The Hall–Kier alpha value is -1.81. The summed E-state index contributed by atoms with van der Waals surface area (Å²) in [6.07, 6.45) is -0.448. The lowest BCUT2D eigenvalue weighted by atomic mass is 9.93. The van der Waals surface area contributed by atoms with E-state index in [1.54, 1.807) is 6.92 Å². The average Bonchev–Trinajstić information content (AvgIpc) is 3.05. The van der Waals surface area contributed by atoms with Crippen LogP contribution >= 0.6 is 11.6 Å². The molecule has 1 aliphatic heterocycles. The van der Waals surface area contributed by atoms with Crippen LogP contribution in [0.15, 0.2) is 23.1 Å². The molecule has 1 aromatic rings. The van der Waals surface area contributed by atoms with Crippen LogP contribution in [-0.4, -0.2) is 56.1 Å². The van der Waals surface area contributed by atoms with Crippen molar-refractivity contribution in [2.45, 2.75) is 35.8 Å². The van der Waals surface area contributed by atoms with Crippen molar-refractivity contribution < 1.29 is 35.9 Å². The first kappa shape index (κ1) is 21.9. The molecule has 6 nitrogen and oxygen atoms in total. The highest BCUT2D eigenvalue weighted by Gasteiger charge is 2.54. The molecule has 2 fully saturated rings. The van der Waals surface area contributed by atoms with Gasteiger partial charge in [0.1, 0.15) is 5.82 Å². The summed E-state index contributed by atoms with van der Waals surface area (Å²) in [5.74, 6) is -7.31. The van der Waals surface area contributed by atoms with Gasteiger partial charge in [0, 0.05) is 0 Å². The lowest BCUT2D eigenvalue weighted by Crippen LogP contribution is -2.60. The van der Waals surface area contributed by atoms with Gasteiger partial charge in [0.2, 0.25) is 5.91 Å². The summed E-state index contributed by atoms with van der Waals surface area (Å²) in [5.41, 5.74) is 0. The second-order valence-corrected chi connectivity index (χ2v) is 9.83. The normalized spacial score (nSPS) is 26.1. The molecule has 0 bridgehead atoms. The van der Waals surface area contributed by atoms with Crippen molar-refractivity contribution in [2.75, 3.05) is 19.7 Å². The number of carbonyl (C=O) groups is 2. The third kappa shape index (κ3) is 4.23. The van der Waals surface area contributed by atoms with Crippen molar-refractivity contribution >= 4 is 33.3 Å². The van der Waals surface area contributed by atoms with E-state index in [1.165, 1.54) is 0 Å². The van der Waals surface area contributed by atoms with Gasteiger partial charge in [-0.1, -0.05) is 11.6 Å². The Morgan fingerprint density at radius 3 is 2.41 bits per heavy atom. The number of hydrogen-bond acceptors (Lipinski definition) is 5. The Morgan fingerprint density at radius 1 is 1.24 bits per heavy atom. The van der Waals surface area contributed by atoms with Crippen molar-refractivity contribution in [3.8, 4) is 0 Å². The van der Waals surface area contributed by atoms with Gasteiger partial charge in [-0.3, -0.25) is 9.59 Å². The van der Waals surface area contributed by atoms with E-state index in [0.29, 0.717) is 0 Å². The van der Waals surface area contributed by atoms with Gasteiger partial charge in [0.05, 0.1) is 46.7 Å². The minimum absolute atomic E-state index is 0.0270. The summed E-state index contributed by atoms with van der Waals surface area (Å²) in [5, 5.41) is -1.47. The summed E-state index contributed by atoms with van der Waals surface area (Å²) < 4.78 is 70.6. The maximum Gasteiger partial charge on any atom is 0.309 e. The molecule has 3 rings (SSSR count). The third-order valence-corrected chi connectivity index (χ3v) is 7.88. The minimum Gasteiger partial charge on any atom is -0.466 e. The summed E-state index contributed by atoms with van der Waals surface area (Å²) in [6.45, 7) is 0.0591. The van der Waals surface area contributed by atoms with Crippen molar-refractivity contribution in [3.05, 3.63) is 29.0 Å². The molecule has 0 N–H and O–H groups in total. The Labute approximate surface area is 170 Å². The standard InChI is InChI=1S/C18H19ClF3NO5S/c1-2-28-17(25)13-7-11(6-12(13)16(24)23-8-18(21,22)9-23)29(26,27)15-4-3-10(20)5-14(15)19/h3-5,11-13H,2,6-9H2,1H3. The number of rotatable bonds is 5. The Morgan fingerprint density at radius 2 is 1.86 bits per heavy atom. The van der Waals surface area contributed by atoms with Crippen LogP contribution in [0.5, 0.6) is 0 Å². The fraction of sp³-hybridized carbons (Fsp3) is 0.556. The molecule has 1 saturated heterocycles. The Balaban J connectivity index is 1.87. The molecule has 2 aliphatic rings. The first-order chi connectivity index (χ1) is 13.5. The molecule has 3 unspecified atom stereocenters. The predicted octanol–water partition coefficient (Wildman–Crippen LogP) is 2.69. The van der Waals surface area contributed by atoms with E-state index >= 15 is 0 Å². The van der Waals surface area contributed by atoms with Crippen LogP contribution in [0.1, 0.15) is 19.8 Å². The summed E-state index contributed by atoms with van der Waals surface area (Å²) in [4.78, 5) is 25.6. The van der Waals surface area contributed by atoms with Crippen LogP contribution in [0.2, 0.25) is 5.02 Å². The number of likely N-dealkylation sites (tertiary alicyclic amines) is 1. The highest BCUT2D eigenvalue weighted by Crippen LogP contribution is 2.42. The fourth-order valence-electron chi connectivity index (χ4n) is 3.82. The zero-order valence-corrected chi connectivity index (χ0v) is 17.0. The zero-order valence-electron chi connectivity index (χ0n) is 15.4. The number of benzene rings is 1. The molecule has 0 spiro atoms. The van der Waals surface area contributed by atoms with Gasteiger partial charge in [-0.25, -0.2) is 21.6 Å². The van der Waals surface area contributed by atoms with Crippen LogP contribution < -0.4 is 0 Å². The quantitative estimate of drug-likeness (QED) is 0.506. The van der Waals surface area contributed by atoms with E-state index in [-0.39, 0.29) is 29.4 Å². The van der Waals surface area contributed by atoms with Gasteiger partial charge in [-0.2, -0.15) is 0 Å². The molecule has 1 amide bonds. The molecular weight excluding hydrogens is 435 g/mol. The zero-order chi connectivity index (χ0) is 21.6. The van der Waals surface area contributed by atoms with E-state index in [0.717, 1.165) is 23.1 Å². The Kier molecular flexibility index (Phi) is 5.88. The number of hydrogen-bond donors (Lipinski definition) is 0. The van der Waals surface area contributed by atoms with Gasteiger partial charge in [0.25, 0.3) is 5.92 Å². The lowest BCUT2D eigenvalue weighted by Gasteiger charge is -2.40. The van der Waals surface area contributed by atoms with Gasteiger partial charge in [-0.15, -0.1) is 0 Å².